The summed E-state index contributed by atoms with van der Waals surface area (Å²) < 4.78 is 5.81. The highest BCUT2D eigenvalue weighted by atomic mass is 32.1. The Morgan fingerprint density at radius 3 is 2.42 bits per heavy atom. The summed E-state index contributed by atoms with van der Waals surface area (Å²) in [6.07, 6.45) is 0.803. The van der Waals surface area contributed by atoms with Crippen LogP contribution in [-0.2, 0) is 6.42 Å². The van der Waals surface area contributed by atoms with Gasteiger partial charge in [0.25, 0.3) is 5.91 Å². The molecule has 0 unspecified atom stereocenters. The standard InChI is InChI=1S/C26H22N2O2S/c29-25(28-26(31)27-23-14-13-20-9-4-5-10-21(20)17-23)22-11-6-12-24(18-22)30-16-15-19-7-2-1-3-8-19/h1-14,17-18H,15-16H2,(H2,27,28,29,31). The van der Waals surface area contributed by atoms with E-state index in [2.05, 4.69) is 22.8 Å². The zero-order valence-electron chi connectivity index (χ0n) is 16.9. The fourth-order valence-electron chi connectivity index (χ4n) is 3.26. The minimum absolute atomic E-state index is 0.246. The van der Waals surface area contributed by atoms with Crippen LogP contribution in [0.4, 0.5) is 5.69 Å². The van der Waals surface area contributed by atoms with Crippen LogP contribution in [0, 0.1) is 0 Å². The summed E-state index contributed by atoms with van der Waals surface area (Å²) in [5.41, 5.74) is 2.52. The Hall–Kier alpha value is -3.70. The molecule has 0 spiro atoms. The fourth-order valence-corrected chi connectivity index (χ4v) is 3.47. The molecule has 2 N–H and O–H groups in total. The Kier molecular flexibility index (Phi) is 6.55. The maximum atomic E-state index is 12.6. The highest BCUT2D eigenvalue weighted by Gasteiger charge is 2.09. The van der Waals surface area contributed by atoms with Crippen molar-refractivity contribution in [2.75, 3.05) is 11.9 Å². The van der Waals surface area contributed by atoms with E-state index in [0.717, 1.165) is 22.9 Å². The van der Waals surface area contributed by atoms with Crippen molar-refractivity contribution in [1.29, 1.82) is 0 Å². The summed E-state index contributed by atoms with van der Waals surface area (Å²) in [7, 11) is 0. The van der Waals surface area contributed by atoms with Crippen molar-refractivity contribution in [1.82, 2.24) is 5.32 Å². The number of hydrogen-bond acceptors (Lipinski definition) is 3. The molecular weight excluding hydrogens is 404 g/mol. The van der Waals surface area contributed by atoms with Crippen LogP contribution in [0.3, 0.4) is 0 Å². The quantitative estimate of drug-likeness (QED) is 0.395. The van der Waals surface area contributed by atoms with Gasteiger partial charge in [0.2, 0.25) is 0 Å². The van der Waals surface area contributed by atoms with Gasteiger partial charge in [0.05, 0.1) is 6.61 Å². The summed E-state index contributed by atoms with van der Waals surface area (Å²) in [6.45, 7) is 0.539. The van der Waals surface area contributed by atoms with Gasteiger partial charge < -0.3 is 10.1 Å². The van der Waals surface area contributed by atoms with Crippen molar-refractivity contribution < 1.29 is 9.53 Å². The second-order valence-corrected chi connectivity index (χ2v) is 7.49. The first kappa shape index (κ1) is 20.6. The first-order valence-electron chi connectivity index (χ1n) is 10.1. The van der Waals surface area contributed by atoms with Crippen LogP contribution in [0.15, 0.2) is 97.1 Å². The fraction of sp³-hybridized carbons (Fsp3) is 0.0769. The molecule has 0 atom stereocenters. The molecule has 154 valence electrons. The van der Waals surface area contributed by atoms with Crippen molar-refractivity contribution >= 4 is 39.7 Å². The molecule has 5 heteroatoms. The summed E-state index contributed by atoms with van der Waals surface area (Å²) in [5.74, 6) is 0.365. The first-order valence-corrected chi connectivity index (χ1v) is 10.5. The number of thiocarbonyl (C=S) groups is 1. The molecule has 0 heterocycles. The van der Waals surface area contributed by atoms with Crippen molar-refractivity contribution in [2.24, 2.45) is 0 Å². The molecule has 4 rings (SSSR count). The van der Waals surface area contributed by atoms with Gasteiger partial charge in [-0.1, -0.05) is 66.7 Å². The molecule has 0 bridgehead atoms. The number of carbonyl (C=O) groups is 1. The molecule has 0 aliphatic carbocycles. The smallest absolute Gasteiger partial charge is 0.257 e. The third-order valence-electron chi connectivity index (χ3n) is 4.83. The lowest BCUT2D eigenvalue weighted by molar-refractivity contribution is 0.0977. The van der Waals surface area contributed by atoms with Crippen LogP contribution in [0.2, 0.25) is 0 Å². The second-order valence-electron chi connectivity index (χ2n) is 7.08. The molecule has 0 saturated heterocycles. The second kappa shape index (κ2) is 9.87. The van der Waals surface area contributed by atoms with Crippen molar-refractivity contribution in [3.8, 4) is 5.75 Å². The van der Waals surface area contributed by atoms with Gasteiger partial charge >= 0.3 is 0 Å². The van der Waals surface area contributed by atoms with E-state index in [1.54, 1.807) is 18.2 Å². The lowest BCUT2D eigenvalue weighted by Crippen LogP contribution is -2.34. The molecule has 31 heavy (non-hydrogen) atoms. The van der Waals surface area contributed by atoms with Crippen LogP contribution in [-0.4, -0.2) is 17.6 Å². The van der Waals surface area contributed by atoms with Gasteiger partial charge in [0, 0.05) is 17.7 Å². The molecule has 0 radical (unpaired) electrons. The normalized spacial score (nSPS) is 10.5. The van der Waals surface area contributed by atoms with Gasteiger partial charge in [-0.2, -0.15) is 0 Å². The highest BCUT2D eigenvalue weighted by molar-refractivity contribution is 7.80. The van der Waals surface area contributed by atoms with Gasteiger partial charge in [0.15, 0.2) is 5.11 Å². The molecule has 4 aromatic carbocycles. The van der Waals surface area contributed by atoms with E-state index in [1.165, 1.54) is 5.56 Å². The number of anilines is 1. The molecule has 0 saturated carbocycles. The molecule has 0 aliphatic rings. The van der Waals surface area contributed by atoms with E-state index in [9.17, 15) is 4.79 Å². The van der Waals surface area contributed by atoms with Crippen molar-refractivity contribution in [3.63, 3.8) is 0 Å². The third kappa shape index (κ3) is 5.68. The molecule has 0 fully saturated rings. The van der Waals surface area contributed by atoms with E-state index in [0.29, 0.717) is 17.9 Å². The maximum absolute atomic E-state index is 12.6. The average molecular weight is 427 g/mol. The van der Waals surface area contributed by atoms with Gasteiger partial charge in [-0.05, 0) is 58.9 Å². The van der Waals surface area contributed by atoms with Crippen LogP contribution >= 0.6 is 12.2 Å². The lowest BCUT2D eigenvalue weighted by Gasteiger charge is -2.11. The SMILES string of the molecule is O=C(NC(=S)Nc1ccc2ccccc2c1)c1cccc(OCCc2ccccc2)c1. The zero-order valence-corrected chi connectivity index (χ0v) is 17.7. The van der Waals surface area contributed by atoms with Crippen molar-refractivity contribution in [2.45, 2.75) is 6.42 Å². The number of rotatable bonds is 6. The molecule has 1 amide bonds. The van der Waals surface area contributed by atoms with Crippen LogP contribution in [0.5, 0.6) is 5.75 Å². The number of amides is 1. The Morgan fingerprint density at radius 2 is 1.58 bits per heavy atom. The van der Waals surface area contributed by atoms with E-state index in [1.807, 2.05) is 66.7 Å². The number of fused-ring (bicyclic) bond motifs is 1. The largest absolute Gasteiger partial charge is 0.493 e. The van der Waals surface area contributed by atoms with Gasteiger partial charge in [-0.25, -0.2) is 0 Å². The Morgan fingerprint density at radius 1 is 0.806 bits per heavy atom. The predicted molar refractivity (Wildman–Crippen MR) is 130 cm³/mol. The van der Waals surface area contributed by atoms with Crippen LogP contribution in [0.25, 0.3) is 10.8 Å². The van der Waals surface area contributed by atoms with Gasteiger partial charge in [-0.15, -0.1) is 0 Å². The molecular formula is C26H22N2O2S. The lowest BCUT2D eigenvalue weighted by atomic mass is 10.1. The van der Waals surface area contributed by atoms with Crippen LogP contribution in [0.1, 0.15) is 15.9 Å². The van der Waals surface area contributed by atoms with E-state index in [4.69, 9.17) is 17.0 Å². The van der Waals surface area contributed by atoms with E-state index < -0.39 is 0 Å². The summed E-state index contributed by atoms with van der Waals surface area (Å²) in [4.78, 5) is 12.6. The number of hydrogen-bond donors (Lipinski definition) is 2. The number of nitrogens with one attached hydrogen (secondary N) is 2. The number of carbonyl (C=O) groups excluding carboxylic acids is 1. The predicted octanol–water partition coefficient (Wildman–Crippen LogP) is 5.59. The topological polar surface area (TPSA) is 50.4 Å². The first-order chi connectivity index (χ1) is 15.2. The minimum atomic E-state index is -0.285. The summed E-state index contributed by atoms with van der Waals surface area (Å²) >= 11 is 5.32. The summed E-state index contributed by atoms with van der Waals surface area (Å²) in [6, 6.07) is 31.2. The minimum Gasteiger partial charge on any atom is -0.493 e. The third-order valence-corrected chi connectivity index (χ3v) is 5.04. The maximum Gasteiger partial charge on any atom is 0.257 e. The number of benzene rings is 4. The zero-order chi connectivity index (χ0) is 21.5. The van der Waals surface area contributed by atoms with Crippen molar-refractivity contribution in [3.05, 3.63) is 108 Å². The number of ether oxygens (including phenoxy) is 1. The molecule has 0 aliphatic heterocycles. The Labute approximate surface area is 186 Å². The molecule has 0 aromatic heterocycles. The van der Waals surface area contributed by atoms with Gasteiger partial charge in [-0.3, -0.25) is 10.1 Å². The average Bonchev–Trinajstić information content (AvgIpc) is 2.80. The summed E-state index contributed by atoms with van der Waals surface area (Å²) in [5, 5.41) is 8.29. The highest BCUT2D eigenvalue weighted by Crippen LogP contribution is 2.19. The Bertz CT molecular complexity index is 1210. The Balaban J connectivity index is 1.33. The molecule has 4 aromatic rings. The van der Waals surface area contributed by atoms with Crippen LogP contribution < -0.4 is 15.4 Å². The van der Waals surface area contributed by atoms with Gasteiger partial charge in [0.1, 0.15) is 5.75 Å². The monoisotopic (exact) mass is 426 g/mol. The van der Waals surface area contributed by atoms with E-state index in [-0.39, 0.29) is 11.0 Å². The molecule has 4 nitrogen and oxygen atoms in total. The van der Waals surface area contributed by atoms with E-state index >= 15 is 0 Å².